The minimum Gasteiger partial charge on any atom is -0.347 e. The lowest BCUT2D eigenvalue weighted by atomic mass is 10.1. The Morgan fingerprint density at radius 3 is 2.62 bits per heavy atom. The molecular weight excluding hydrogens is 376 g/mol. The minimum atomic E-state index is -3.68. The molecule has 112 valence electrons. The summed E-state index contributed by atoms with van der Waals surface area (Å²) >= 11 is 4.42. The number of carbonyl (C=O) groups is 1. The molecular formula is C13H13BrN2O3S2. The van der Waals surface area contributed by atoms with Gasteiger partial charge in [-0.1, -0.05) is 15.9 Å². The maximum atomic E-state index is 12.0. The molecule has 1 aromatic carbocycles. The van der Waals surface area contributed by atoms with E-state index in [2.05, 4.69) is 21.2 Å². The van der Waals surface area contributed by atoms with Crippen molar-refractivity contribution in [3.8, 4) is 0 Å². The van der Waals surface area contributed by atoms with Gasteiger partial charge in [0.25, 0.3) is 5.91 Å². The second-order valence-corrected chi connectivity index (χ2v) is 8.22. The summed E-state index contributed by atoms with van der Waals surface area (Å²) in [6.07, 6.45) is 0. The van der Waals surface area contributed by atoms with Crippen LogP contribution in [-0.2, 0) is 16.6 Å². The van der Waals surface area contributed by atoms with Crippen molar-refractivity contribution >= 4 is 43.2 Å². The van der Waals surface area contributed by atoms with E-state index in [1.165, 1.54) is 6.07 Å². The molecule has 2 rings (SSSR count). The number of nitrogens with one attached hydrogen (secondary N) is 1. The smallest absolute Gasteiger partial charge is 0.251 e. The van der Waals surface area contributed by atoms with Crippen LogP contribution in [0.4, 0.5) is 0 Å². The van der Waals surface area contributed by atoms with E-state index in [1.54, 1.807) is 18.2 Å². The maximum absolute atomic E-state index is 12.0. The number of amides is 1. The van der Waals surface area contributed by atoms with Gasteiger partial charge in [-0.2, -0.15) is 0 Å². The van der Waals surface area contributed by atoms with Gasteiger partial charge < -0.3 is 5.32 Å². The molecule has 5 nitrogen and oxygen atoms in total. The van der Waals surface area contributed by atoms with Crippen LogP contribution in [0.2, 0.25) is 0 Å². The summed E-state index contributed by atoms with van der Waals surface area (Å²) in [5.74, 6) is -0.212. The van der Waals surface area contributed by atoms with Gasteiger partial charge in [0.1, 0.15) is 4.21 Å². The first kappa shape index (κ1) is 16.2. The summed E-state index contributed by atoms with van der Waals surface area (Å²) in [4.78, 5) is 12.7. The van der Waals surface area contributed by atoms with Crippen molar-refractivity contribution in [3.63, 3.8) is 0 Å². The number of aryl methyl sites for hydroxylation is 1. The molecule has 0 atom stereocenters. The van der Waals surface area contributed by atoms with Crippen LogP contribution >= 0.6 is 27.3 Å². The lowest BCUT2D eigenvalue weighted by Gasteiger charge is -2.05. The number of carbonyl (C=O) groups excluding carboxylic acids is 1. The molecule has 0 aliphatic rings. The topological polar surface area (TPSA) is 89.3 Å². The van der Waals surface area contributed by atoms with Gasteiger partial charge in [0.2, 0.25) is 10.0 Å². The van der Waals surface area contributed by atoms with Crippen molar-refractivity contribution in [2.24, 2.45) is 5.14 Å². The van der Waals surface area contributed by atoms with Gasteiger partial charge in [0, 0.05) is 14.9 Å². The fourth-order valence-corrected chi connectivity index (χ4v) is 3.63. The first-order valence-electron chi connectivity index (χ1n) is 5.93. The summed E-state index contributed by atoms with van der Waals surface area (Å²) in [6, 6.07) is 8.39. The van der Waals surface area contributed by atoms with Crippen LogP contribution in [0, 0.1) is 6.92 Å². The Hall–Kier alpha value is -1.22. The van der Waals surface area contributed by atoms with Crippen LogP contribution in [0.15, 0.2) is 39.0 Å². The fourth-order valence-electron chi connectivity index (χ4n) is 1.66. The first-order chi connectivity index (χ1) is 9.77. The Bertz CT molecular complexity index is 784. The molecule has 0 fully saturated rings. The summed E-state index contributed by atoms with van der Waals surface area (Å²) in [6.45, 7) is 2.16. The quantitative estimate of drug-likeness (QED) is 0.842. The minimum absolute atomic E-state index is 0.0891. The van der Waals surface area contributed by atoms with Gasteiger partial charge >= 0.3 is 0 Å². The third kappa shape index (κ3) is 4.13. The Kier molecular flexibility index (Phi) is 4.82. The van der Waals surface area contributed by atoms with Crippen LogP contribution in [0.25, 0.3) is 0 Å². The monoisotopic (exact) mass is 388 g/mol. The molecule has 0 saturated heterocycles. The molecule has 0 radical (unpaired) electrons. The third-order valence-corrected chi connectivity index (χ3v) is 6.17. The van der Waals surface area contributed by atoms with E-state index < -0.39 is 10.0 Å². The normalized spacial score (nSPS) is 11.4. The Balaban J connectivity index is 2.04. The maximum Gasteiger partial charge on any atom is 0.251 e. The molecule has 8 heteroatoms. The molecule has 1 heterocycles. The number of rotatable bonds is 4. The third-order valence-electron chi connectivity index (χ3n) is 2.76. The van der Waals surface area contributed by atoms with Crippen molar-refractivity contribution in [1.82, 2.24) is 5.32 Å². The second-order valence-electron chi connectivity index (χ2n) is 4.41. The van der Waals surface area contributed by atoms with E-state index in [0.717, 1.165) is 26.3 Å². The Labute approximate surface area is 135 Å². The molecule has 1 amide bonds. The molecule has 2 aromatic rings. The molecule has 0 bridgehead atoms. The highest BCUT2D eigenvalue weighted by Crippen LogP contribution is 2.20. The van der Waals surface area contributed by atoms with Gasteiger partial charge in [-0.3, -0.25) is 4.79 Å². The highest BCUT2D eigenvalue weighted by atomic mass is 79.9. The molecule has 0 unspecified atom stereocenters. The number of sulfonamides is 1. The molecule has 0 saturated carbocycles. The Morgan fingerprint density at radius 1 is 1.33 bits per heavy atom. The summed E-state index contributed by atoms with van der Waals surface area (Å²) in [5, 5.41) is 7.79. The number of primary sulfonamides is 1. The zero-order chi connectivity index (χ0) is 15.6. The fraction of sp³-hybridized carbons (Fsp3) is 0.154. The van der Waals surface area contributed by atoms with Crippen molar-refractivity contribution in [2.75, 3.05) is 0 Å². The predicted molar refractivity (Wildman–Crippen MR) is 85.7 cm³/mol. The number of hydrogen-bond acceptors (Lipinski definition) is 4. The zero-order valence-corrected chi connectivity index (χ0v) is 14.3. The molecule has 0 spiro atoms. The molecule has 0 aliphatic carbocycles. The summed E-state index contributed by atoms with van der Waals surface area (Å²) in [7, 11) is -3.68. The van der Waals surface area contributed by atoms with E-state index in [-0.39, 0.29) is 16.7 Å². The van der Waals surface area contributed by atoms with Crippen LogP contribution in [0.3, 0.4) is 0 Å². The molecule has 3 N–H and O–H groups in total. The van der Waals surface area contributed by atoms with Gasteiger partial charge in [0.05, 0.1) is 6.54 Å². The average Bonchev–Trinajstić information content (AvgIpc) is 2.88. The van der Waals surface area contributed by atoms with Gasteiger partial charge in [-0.25, -0.2) is 13.6 Å². The molecule has 1 aromatic heterocycles. The lowest BCUT2D eigenvalue weighted by Crippen LogP contribution is -2.22. The molecule has 0 aliphatic heterocycles. The van der Waals surface area contributed by atoms with E-state index in [1.807, 2.05) is 13.0 Å². The van der Waals surface area contributed by atoms with Crippen molar-refractivity contribution in [1.29, 1.82) is 0 Å². The number of nitrogens with two attached hydrogens (primary N) is 1. The van der Waals surface area contributed by atoms with Crippen LogP contribution in [0.5, 0.6) is 0 Å². The lowest BCUT2D eigenvalue weighted by molar-refractivity contribution is 0.0951. The highest BCUT2D eigenvalue weighted by Gasteiger charge is 2.12. The van der Waals surface area contributed by atoms with E-state index in [9.17, 15) is 13.2 Å². The van der Waals surface area contributed by atoms with Crippen molar-refractivity contribution < 1.29 is 13.2 Å². The number of hydrogen-bond donors (Lipinski definition) is 2. The first-order valence-corrected chi connectivity index (χ1v) is 9.09. The SMILES string of the molecule is Cc1cc(C(=O)NCc2ccc(S(N)(=O)=O)s2)ccc1Br. The zero-order valence-electron chi connectivity index (χ0n) is 11.1. The van der Waals surface area contributed by atoms with Gasteiger partial charge in [-0.15, -0.1) is 11.3 Å². The van der Waals surface area contributed by atoms with E-state index in [0.29, 0.717) is 5.56 Å². The van der Waals surface area contributed by atoms with Crippen LogP contribution < -0.4 is 10.5 Å². The molecule has 21 heavy (non-hydrogen) atoms. The van der Waals surface area contributed by atoms with Gasteiger partial charge in [0.15, 0.2) is 0 Å². The standard InChI is InChI=1S/C13H13BrN2O3S2/c1-8-6-9(2-4-11(8)14)13(17)16-7-10-3-5-12(20-10)21(15,18)19/h2-6H,7H2,1H3,(H,16,17)(H2,15,18,19). The highest BCUT2D eigenvalue weighted by molar-refractivity contribution is 9.10. The summed E-state index contributed by atoms with van der Waals surface area (Å²) < 4.78 is 23.4. The Morgan fingerprint density at radius 2 is 2.05 bits per heavy atom. The van der Waals surface area contributed by atoms with E-state index >= 15 is 0 Å². The van der Waals surface area contributed by atoms with Crippen molar-refractivity contribution in [3.05, 3.63) is 50.8 Å². The van der Waals surface area contributed by atoms with Gasteiger partial charge in [-0.05, 0) is 42.8 Å². The summed E-state index contributed by atoms with van der Waals surface area (Å²) in [5.41, 5.74) is 1.52. The van der Waals surface area contributed by atoms with Crippen molar-refractivity contribution in [2.45, 2.75) is 17.7 Å². The van der Waals surface area contributed by atoms with E-state index in [4.69, 9.17) is 5.14 Å². The van der Waals surface area contributed by atoms with Crippen LogP contribution in [-0.4, -0.2) is 14.3 Å². The average molecular weight is 389 g/mol. The largest absolute Gasteiger partial charge is 0.347 e. The number of benzene rings is 1. The predicted octanol–water partition coefficient (Wildman–Crippen LogP) is 2.40. The van der Waals surface area contributed by atoms with Crippen LogP contribution in [0.1, 0.15) is 20.8 Å². The number of halogens is 1. The number of thiophene rings is 1. The second kappa shape index (κ2) is 6.27.